The maximum absolute atomic E-state index is 4.43. The summed E-state index contributed by atoms with van der Waals surface area (Å²) in [5.74, 6) is 0.991. The summed E-state index contributed by atoms with van der Waals surface area (Å²) < 4.78 is 10.3. The highest BCUT2D eigenvalue weighted by atomic mass is 15.3. The molecule has 0 radical (unpaired) electrons. The first-order valence-electron chi connectivity index (χ1n) is 29.1. The fraction of sp³-hybridized carbons (Fsp3) is 0.0127. The summed E-state index contributed by atoms with van der Waals surface area (Å²) in [6.07, 6.45) is 4.51. The Morgan fingerprint density at radius 1 is 0.262 bits per heavy atom. The molecule has 0 amide bonds. The van der Waals surface area contributed by atoms with E-state index in [9.17, 15) is 0 Å². The Labute approximate surface area is 481 Å². The number of nitrogens with one attached hydrogen (secondary N) is 1. The van der Waals surface area contributed by atoms with Gasteiger partial charge in [-0.3, -0.25) is 4.57 Å². The zero-order chi connectivity index (χ0) is 54.7. The summed E-state index contributed by atoms with van der Waals surface area (Å²) >= 11 is 0. The molecule has 0 aliphatic carbocycles. The van der Waals surface area contributed by atoms with Crippen molar-refractivity contribution in [2.45, 2.75) is 6.17 Å². The van der Waals surface area contributed by atoms with E-state index in [1.165, 1.54) is 125 Å². The minimum Gasteiger partial charge on any atom is -0.347 e. The van der Waals surface area contributed by atoms with E-state index in [2.05, 4.69) is 309 Å². The Balaban J connectivity index is 0.986. The van der Waals surface area contributed by atoms with Crippen molar-refractivity contribution < 1.29 is 0 Å². The van der Waals surface area contributed by atoms with Gasteiger partial charge in [-0.15, -0.1) is 0 Å². The Morgan fingerprint density at radius 3 is 1.27 bits per heavy atom. The molecule has 0 saturated carbocycles. The molecule has 19 rings (SSSR count). The van der Waals surface area contributed by atoms with Crippen molar-refractivity contribution in [3.8, 4) is 11.4 Å². The quantitative estimate of drug-likeness (QED) is 0.171. The normalized spacial score (nSPS) is 14.1. The lowest BCUT2D eigenvalue weighted by Gasteiger charge is -2.29. The van der Waals surface area contributed by atoms with E-state index in [1.54, 1.807) is 0 Å². The lowest BCUT2D eigenvalue weighted by Crippen LogP contribution is -2.29. The molecule has 4 aromatic heterocycles. The van der Waals surface area contributed by atoms with Crippen molar-refractivity contribution >= 4 is 152 Å². The highest BCUT2D eigenvalue weighted by Crippen LogP contribution is 2.50. The molecular weight excluding hydrogens is 1020 g/mol. The van der Waals surface area contributed by atoms with Gasteiger partial charge in [0.15, 0.2) is 0 Å². The minimum absolute atomic E-state index is 0.374. The van der Waals surface area contributed by atoms with Gasteiger partial charge in [0, 0.05) is 76.0 Å². The van der Waals surface area contributed by atoms with Gasteiger partial charge in [0.1, 0.15) is 12.0 Å². The minimum atomic E-state index is -0.374. The Kier molecular flexibility index (Phi) is 9.33. The van der Waals surface area contributed by atoms with Gasteiger partial charge in [0.25, 0.3) is 0 Å². The zero-order valence-electron chi connectivity index (χ0n) is 45.5. The molecule has 5 nitrogen and oxygen atoms in total. The van der Waals surface area contributed by atoms with E-state index in [1.807, 2.05) is 0 Å². The molecule has 1 unspecified atom stereocenters. The van der Waals surface area contributed by atoms with Crippen molar-refractivity contribution in [2.24, 2.45) is 0 Å². The highest BCUT2D eigenvalue weighted by molar-refractivity contribution is 6.37. The number of fused-ring (bicyclic) bond motifs is 25. The van der Waals surface area contributed by atoms with Gasteiger partial charge in [-0.25, -0.2) is 0 Å². The van der Waals surface area contributed by atoms with Crippen molar-refractivity contribution in [1.29, 1.82) is 0 Å². The third kappa shape index (κ3) is 6.16. The molecule has 1 N–H and O–H groups in total. The van der Waals surface area contributed by atoms with Crippen LogP contribution in [0.5, 0.6) is 0 Å². The largest absolute Gasteiger partial charge is 0.347 e. The van der Waals surface area contributed by atoms with Gasteiger partial charge in [-0.2, -0.15) is 0 Å². The average molecular weight is 1070 g/mol. The number of benzene rings is 14. The molecule has 390 valence electrons. The van der Waals surface area contributed by atoms with Crippen LogP contribution < -0.4 is 5.32 Å². The molecule has 14 aromatic carbocycles. The predicted octanol–water partition coefficient (Wildman–Crippen LogP) is 20.5. The summed E-state index contributed by atoms with van der Waals surface area (Å²) in [5.41, 5.74) is 14.0. The first-order chi connectivity index (χ1) is 41.7. The molecular formula is C79H49N5. The van der Waals surface area contributed by atoms with Crippen LogP contribution in [0, 0.1) is 0 Å². The van der Waals surface area contributed by atoms with E-state index in [4.69, 9.17) is 0 Å². The summed E-state index contributed by atoms with van der Waals surface area (Å²) in [6.45, 7) is 0. The third-order valence-electron chi connectivity index (χ3n) is 18.5. The standard InChI is InChI=1S/C79H49N5/c1-4-20-48(21-5-1)52-46-69(83-68-45-44-64-62-39-36-49-22-10-13-29-55(49)73(62)81(53-25-6-2-7-26-53)77(64)72(68)67-41-38-51-24-12-15-31-57(51)75(67)83)80-70(47-52)84-76-61-35-19-17-33-59(61)58-32-16-18-34-60(58)71(76)66-43-42-65-63-40-37-50-23-11-14-30-56(50)74(63)82(78(65)79(66)84)54-27-8-3-9-28-54/h1-47,69,80H. The number of nitrogens with zero attached hydrogens (tertiary/aromatic N) is 4. The van der Waals surface area contributed by atoms with Crippen LogP contribution in [0.4, 0.5) is 0 Å². The van der Waals surface area contributed by atoms with Crippen LogP contribution in [0.15, 0.2) is 285 Å². The predicted molar refractivity (Wildman–Crippen MR) is 356 cm³/mol. The zero-order valence-corrected chi connectivity index (χ0v) is 45.5. The molecule has 1 atom stereocenters. The average Bonchev–Trinajstić information content (AvgIpc) is 1.97. The van der Waals surface area contributed by atoms with Gasteiger partial charge >= 0.3 is 0 Å². The van der Waals surface area contributed by atoms with Crippen molar-refractivity contribution in [3.63, 3.8) is 0 Å². The van der Waals surface area contributed by atoms with Crippen molar-refractivity contribution in [2.75, 3.05) is 0 Å². The Bertz CT molecular complexity index is 5930. The summed E-state index contributed by atoms with van der Waals surface area (Å²) in [7, 11) is 0. The van der Waals surface area contributed by atoms with Crippen molar-refractivity contribution in [1.82, 2.24) is 23.6 Å². The first-order valence-corrected chi connectivity index (χ1v) is 29.1. The van der Waals surface area contributed by atoms with Crippen LogP contribution in [-0.2, 0) is 0 Å². The molecule has 0 spiro atoms. The van der Waals surface area contributed by atoms with Gasteiger partial charge in [-0.1, -0.05) is 243 Å². The Morgan fingerprint density at radius 2 is 0.655 bits per heavy atom. The number of hydrogen-bond acceptors (Lipinski definition) is 1. The molecule has 5 heterocycles. The Hall–Kier alpha value is -11.1. The molecule has 0 saturated heterocycles. The van der Waals surface area contributed by atoms with E-state index < -0.39 is 0 Å². The number of aromatic nitrogens is 4. The van der Waals surface area contributed by atoms with E-state index in [-0.39, 0.29) is 6.17 Å². The first kappa shape index (κ1) is 45.6. The number of hydrogen-bond donors (Lipinski definition) is 1. The van der Waals surface area contributed by atoms with Gasteiger partial charge in [0.2, 0.25) is 0 Å². The third-order valence-corrected chi connectivity index (χ3v) is 18.5. The summed E-state index contributed by atoms with van der Waals surface area (Å²) in [6, 6.07) is 101. The van der Waals surface area contributed by atoms with Crippen molar-refractivity contribution in [3.05, 3.63) is 291 Å². The number of dihydropyridines is 1. The van der Waals surface area contributed by atoms with Crippen LogP contribution in [-0.4, -0.2) is 18.3 Å². The monoisotopic (exact) mass is 1070 g/mol. The molecule has 18 aromatic rings. The molecule has 0 fully saturated rings. The fourth-order valence-electron chi connectivity index (χ4n) is 15.1. The van der Waals surface area contributed by atoms with E-state index in [0.717, 1.165) is 44.9 Å². The SMILES string of the molecule is C1=C(c2ccccc2)C=C(n2c3c4ccccc4c4ccccc4c3c3ccc4c5ccc6ccccc6c5n(-c5ccccc5)c4c32)NC1n1c2ccc3c4ccc5ccccc5c4n(-c4ccccc4)c3c2c2ccc3ccccc3c21. The van der Waals surface area contributed by atoms with Crippen LogP contribution in [0.25, 0.3) is 164 Å². The number of allylic oxidation sites excluding steroid dienone is 2. The second-order valence-electron chi connectivity index (χ2n) is 22.7. The van der Waals surface area contributed by atoms with Crippen LogP contribution in [0.3, 0.4) is 0 Å². The topological polar surface area (TPSA) is 31.8 Å². The summed E-state index contributed by atoms with van der Waals surface area (Å²) in [4.78, 5) is 0. The van der Waals surface area contributed by atoms with Gasteiger partial charge < -0.3 is 19.0 Å². The van der Waals surface area contributed by atoms with Crippen LogP contribution in [0.1, 0.15) is 11.7 Å². The van der Waals surface area contributed by atoms with Gasteiger partial charge in [-0.05, 0) is 85.9 Å². The number of rotatable bonds is 5. The highest BCUT2D eigenvalue weighted by Gasteiger charge is 2.31. The maximum Gasteiger partial charge on any atom is 0.125 e. The molecule has 1 aliphatic rings. The molecule has 84 heavy (non-hydrogen) atoms. The lowest BCUT2D eigenvalue weighted by atomic mass is 9.96. The molecule has 0 bridgehead atoms. The van der Waals surface area contributed by atoms with Crippen LogP contribution >= 0.6 is 0 Å². The van der Waals surface area contributed by atoms with E-state index in [0.29, 0.717) is 0 Å². The van der Waals surface area contributed by atoms with Crippen LogP contribution in [0.2, 0.25) is 0 Å². The lowest BCUT2D eigenvalue weighted by molar-refractivity contribution is 0.580. The number of para-hydroxylation sites is 2. The molecule has 5 heteroatoms. The maximum atomic E-state index is 4.43. The smallest absolute Gasteiger partial charge is 0.125 e. The second kappa shape index (κ2) is 17.2. The molecule has 1 aliphatic heterocycles. The van der Waals surface area contributed by atoms with Gasteiger partial charge in [0.05, 0.1) is 44.1 Å². The fourth-order valence-corrected chi connectivity index (χ4v) is 15.1. The van der Waals surface area contributed by atoms with E-state index >= 15 is 0 Å². The summed E-state index contributed by atoms with van der Waals surface area (Å²) in [5, 5.41) is 26.4. The second-order valence-corrected chi connectivity index (χ2v) is 22.7.